The number of benzene rings is 1. The number of thiophene rings is 1. The number of halogens is 1. The second-order valence-corrected chi connectivity index (χ2v) is 8.22. The molecule has 1 atom stereocenters. The van der Waals surface area contributed by atoms with E-state index in [-0.39, 0.29) is 11.4 Å². The van der Waals surface area contributed by atoms with Gasteiger partial charge in [-0.1, -0.05) is 24.3 Å². The van der Waals surface area contributed by atoms with Crippen molar-refractivity contribution in [3.8, 4) is 10.4 Å². The van der Waals surface area contributed by atoms with Gasteiger partial charge in [0.15, 0.2) is 0 Å². The number of carbonyl (C=O) groups excluding carboxylic acids is 1. The SMILES string of the molecule is NC(=O)c1cc(-c2ccccc2F)sc1Nc1cccc(CC(O)N2CCOCC2)n1. The van der Waals surface area contributed by atoms with Gasteiger partial charge in [-0.2, -0.15) is 0 Å². The van der Waals surface area contributed by atoms with Crippen molar-refractivity contribution in [3.63, 3.8) is 0 Å². The highest BCUT2D eigenvalue weighted by atomic mass is 32.1. The summed E-state index contributed by atoms with van der Waals surface area (Å²) in [5.41, 5.74) is 6.91. The summed E-state index contributed by atoms with van der Waals surface area (Å²) in [5.74, 6) is -0.472. The van der Waals surface area contributed by atoms with Gasteiger partial charge in [-0.25, -0.2) is 9.37 Å². The van der Waals surface area contributed by atoms with Crippen molar-refractivity contribution in [2.45, 2.75) is 12.6 Å². The van der Waals surface area contributed by atoms with Crippen LogP contribution >= 0.6 is 11.3 Å². The highest BCUT2D eigenvalue weighted by Crippen LogP contribution is 2.37. The third kappa shape index (κ3) is 5.08. The van der Waals surface area contributed by atoms with Gasteiger partial charge in [0.25, 0.3) is 5.91 Å². The minimum absolute atomic E-state index is 0.267. The van der Waals surface area contributed by atoms with Crippen LogP contribution < -0.4 is 11.1 Å². The van der Waals surface area contributed by atoms with Gasteiger partial charge < -0.3 is 20.9 Å². The smallest absolute Gasteiger partial charge is 0.251 e. The summed E-state index contributed by atoms with van der Waals surface area (Å²) >= 11 is 1.23. The fourth-order valence-electron chi connectivity index (χ4n) is 3.43. The van der Waals surface area contributed by atoms with Crippen LogP contribution in [0.5, 0.6) is 0 Å². The molecule has 7 nitrogen and oxygen atoms in total. The Morgan fingerprint density at radius 3 is 2.77 bits per heavy atom. The van der Waals surface area contributed by atoms with Crippen molar-refractivity contribution in [3.05, 3.63) is 65.6 Å². The van der Waals surface area contributed by atoms with Crippen molar-refractivity contribution in [2.75, 3.05) is 31.6 Å². The highest BCUT2D eigenvalue weighted by Gasteiger charge is 2.20. The number of carbonyl (C=O) groups is 1. The van der Waals surface area contributed by atoms with Gasteiger partial charge in [-0.3, -0.25) is 9.69 Å². The summed E-state index contributed by atoms with van der Waals surface area (Å²) in [5, 5.41) is 14.1. The van der Waals surface area contributed by atoms with E-state index in [1.54, 1.807) is 30.3 Å². The number of ether oxygens (including phenoxy) is 1. The molecule has 1 aliphatic heterocycles. The minimum atomic E-state index is -0.651. The molecule has 4 N–H and O–H groups in total. The Morgan fingerprint density at radius 1 is 1.26 bits per heavy atom. The van der Waals surface area contributed by atoms with Crippen LogP contribution in [0.1, 0.15) is 16.1 Å². The zero-order chi connectivity index (χ0) is 21.8. The van der Waals surface area contributed by atoms with Gasteiger partial charge in [0.1, 0.15) is 22.9 Å². The number of hydrogen-bond acceptors (Lipinski definition) is 7. The fourth-order valence-corrected chi connectivity index (χ4v) is 4.53. The maximum atomic E-state index is 14.2. The number of nitrogens with zero attached hydrogens (tertiary/aromatic N) is 2. The van der Waals surface area contributed by atoms with Crippen molar-refractivity contribution >= 4 is 28.1 Å². The first-order valence-corrected chi connectivity index (χ1v) is 10.7. The van der Waals surface area contributed by atoms with Crippen molar-refractivity contribution in [1.29, 1.82) is 0 Å². The van der Waals surface area contributed by atoms with Crippen LogP contribution in [0.3, 0.4) is 0 Å². The number of hydrogen-bond donors (Lipinski definition) is 3. The second-order valence-electron chi connectivity index (χ2n) is 7.17. The van der Waals surface area contributed by atoms with E-state index < -0.39 is 12.1 Å². The summed E-state index contributed by atoms with van der Waals surface area (Å²) in [4.78, 5) is 19.1. The van der Waals surface area contributed by atoms with Crippen LogP contribution in [0.15, 0.2) is 48.5 Å². The summed E-state index contributed by atoms with van der Waals surface area (Å²) in [6.07, 6.45) is -0.287. The van der Waals surface area contributed by atoms with Gasteiger partial charge in [-0.15, -0.1) is 11.3 Å². The number of nitrogens with two attached hydrogens (primary N) is 1. The Kier molecular flexibility index (Phi) is 6.57. The van der Waals surface area contributed by atoms with Crippen molar-refractivity contribution < 1.29 is 19.0 Å². The van der Waals surface area contributed by atoms with Crippen molar-refractivity contribution in [2.24, 2.45) is 5.73 Å². The molecule has 1 saturated heterocycles. The minimum Gasteiger partial charge on any atom is -0.379 e. The molecule has 9 heteroatoms. The second kappa shape index (κ2) is 9.52. The lowest BCUT2D eigenvalue weighted by Gasteiger charge is -2.30. The van der Waals surface area contributed by atoms with E-state index in [4.69, 9.17) is 10.5 Å². The molecule has 0 saturated carbocycles. The van der Waals surface area contributed by atoms with Gasteiger partial charge in [0, 0.05) is 35.6 Å². The van der Waals surface area contributed by atoms with Crippen LogP contribution in [0.4, 0.5) is 15.2 Å². The average molecular weight is 443 g/mol. The molecule has 2 aromatic heterocycles. The van der Waals surface area contributed by atoms with E-state index in [2.05, 4.69) is 10.3 Å². The number of nitrogens with one attached hydrogen (secondary N) is 1. The molecule has 1 unspecified atom stereocenters. The predicted molar refractivity (Wildman–Crippen MR) is 118 cm³/mol. The van der Waals surface area contributed by atoms with Crippen LogP contribution in [-0.2, 0) is 11.2 Å². The molecule has 1 aliphatic rings. The number of anilines is 2. The maximum Gasteiger partial charge on any atom is 0.251 e. The molecule has 0 bridgehead atoms. The average Bonchev–Trinajstić information content (AvgIpc) is 3.19. The summed E-state index contributed by atoms with van der Waals surface area (Å²) in [7, 11) is 0. The van der Waals surface area contributed by atoms with E-state index >= 15 is 0 Å². The molecule has 0 radical (unpaired) electrons. The monoisotopic (exact) mass is 442 g/mol. The summed E-state index contributed by atoms with van der Waals surface area (Å²) in [6, 6.07) is 13.4. The van der Waals surface area contributed by atoms with Crippen LogP contribution in [0.2, 0.25) is 0 Å². The van der Waals surface area contributed by atoms with Gasteiger partial charge in [0.2, 0.25) is 0 Å². The third-order valence-corrected chi connectivity index (χ3v) is 6.13. The molecule has 3 aromatic rings. The van der Waals surface area contributed by atoms with E-state index in [0.29, 0.717) is 59.7 Å². The van der Waals surface area contributed by atoms with Gasteiger partial charge in [0.05, 0.1) is 18.8 Å². The lowest BCUT2D eigenvalue weighted by molar-refractivity contribution is -0.0579. The Bertz CT molecular complexity index is 1070. The number of rotatable bonds is 7. The highest BCUT2D eigenvalue weighted by molar-refractivity contribution is 7.19. The third-order valence-electron chi connectivity index (χ3n) is 5.04. The van der Waals surface area contributed by atoms with Crippen LogP contribution in [0.25, 0.3) is 10.4 Å². The van der Waals surface area contributed by atoms with Crippen LogP contribution in [0, 0.1) is 5.82 Å². The zero-order valence-corrected chi connectivity index (χ0v) is 17.6. The molecule has 31 heavy (non-hydrogen) atoms. The molecular weight excluding hydrogens is 419 g/mol. The van der Waals surface area contributed by atoms with E-state index in [1.807, 2.05) is 17.0 Å². The van der Waals surface area contributed by atoms with Gasteiger partial charge >= 0.3 is 0 Å². The largest absolute Gasteiger partial charge is 0.379 e. The molecule has 4 rings (SSSR count). The number of amides is 1. The topological polar surface area (TPSA) is 101 Å². The lowest BCUT2D eigenvalue weighted by Crippen LogP contribution is -2.44. The van der Waals surface area contributed by atoms with Crippen molar-refractivity contribution in [1.82, 2.24) is 9.88 Å². The molecule has 1 aromatic carbocycles. The quantitative estimate of drug-likeness (QED) is 0.520. The number of aliphatic hydroxyl groups is 1. The Morgan fingerprint density at radius 2 is 2.03 bits per heavy atom. The predicted octanol–water partition coefficient (Wildman–Crippen LogP) is 2.98. The molecule has 3 heterocycles. The van der Waals surface area contributed by atoms with E-state index in [9.17, 15) is 14.3 Å². The fraction of sp³-hybridized carbons (Fsp3) is 0.273. The summed E-state index contributed by atoms with van der Waals surface area (Å²) in [6.45, 7) is 2.56. The molecule has 0 spiro atoms. The number of morpholine rings is 1. The first-order chi connectivity index (χ1) is 15.0. The Balaban J connectivity index is 1.54. The molecule has 1 fully saturated rings. The lowest BCUT2D eigenvalue weighted by atomic mass is 10.1. The Labute approximate surface area is 183 Å². The molecule has 162 valence electrons. The number of aromatic nitrogens is 1. The standard InChI is InChI=1S/C22H23FN4O3S/c23-17-6-2-1-5-15(17)18-13-16(21(24)29)22(31-18)26-19-7-3-4-14(25-19)12-20(28)27-8-10-30-11-9-27/h1-7,13,20,28H,8-12H2,(H2,24,29)(H,25,26). The molecule has 1 amide bonds. The van der Waals surface area contributed by atoms with E-state index in [1.165, 1.54) is 17.4 Å². The number of pyridine rings is 1. The Hall–Kier alpha value is -2.85. The first-order valence-electron chi connectivity index (χ1n) is 9.92. The van der Waals surface area contributed by atoms with Crippen LogP contribution in [-0.4, -0.2) is 53.4 Å². The molecule has 0 aliphatic carbocycles. The zero-order valence-electron chi connectivity index (χ0n) is 16.8. The number of aliphatic hydroxyl groups excluding tert-OH is 1. The van der Waals surface area contributed by atoms with Gasteiger partial charge in [-0.05, 0) is 24.3 Å². The maximum absolute atomic E-state index is 14.2. The normalized spacial score (nSPS) is 15.5. The van der Waals surface area contributed by atoms with E-state index in [0.717, 1.165) is 0 Å². The number of primary amides is 1. The molecular formula is C22H23FN4O3S. The summed E-state index contributed by atoms with van der Waals surface area (Å²) < 4.78 is 19.5. The first kappa shape index (κ1) is 21.4.